The zero-order chi connectivity index (χ0) is 29.6. The van der Waals surface area contributed by atoms with Gasteiger partial charge in [-0.25, -0.2) is 0 Å². The van der Waals surface area contributed by atoms with Crippen molar-refractivity contribution >= 4 is 39.7 Å². The zero-order valence-electron chi connectivity index (χ0n) is 24.5. The number of carbonyl (C=O) groups excluding carboxylic acids is 1. The van der Waals surface area contributed by atoms with Gasteiger partial charge in [-0.1, -0.05) is 60.5 Å². The van der Waals surface area contributed by atoms with Gasteiger partial charge in [0.15, 0.2) is 0 Å². The Morgan fingerprint density at radius 3 is 2.79 bits per heavy atom. The number of benzene rings is 2. The number of hydrogen-bond acceptors (Lipinski definition) is 5. The molecule has 1 aromatic heterocycles. The first-order chi connectivity index (χ1) is 21.0. The van der Waals surface area contributed by atoms with Crippen LogP contribution < -0.4 is 5.32 Å². The fourth-order valence-electron chi connectivity index (χ4n) is 6.68. The lowest BCUT2D eigenvalue weighted by atomic mass is 9.95. The number of aromatic nitrogens is 1. The third kappa shape index (κ3) is 7.46. The van der Waals surface area contributed by atoms with Gasteiger partial charge in [0.25, 0.3) is 0 Å². The molecule has 0 bridgehead atoms. The monoisotopic (exact) mass is 659 g/mol. The highest BCUT2D eigenvalue weighted by atomic mass is 79.9. The molecule has 1 aliphatic carbocycles. The van der Waals surface area contributed by atoms with Crippen LogP contribution in [0.25, 0.3) is 0 Å². The van der Waals surface area contributed by atoms with Gasteiger partial charge in [-0.3, -0.25) is 19.7 Å². The van der Waals surface area contributed by atoms with E-state index in [1.165, 1.54) is 16.7 Å². The average molecular weight is 661 g/mol. The van der Waals surface area contributed by atoms with Crippen LogP contribution >= 0.6 is 27.5 Å². The molecule has 2 aromatic carbocycles. The second-order valence-corrected chi connectivity index (χ2v) is 13.2. The van der Waals surface area contributed by atoms with Crippen molar-refractivity contribution in [2.75, 3.05) is 26.2 Å². The Morgan fingerprint density at radius 1 is 1.09 bits per heavy atom. The number of piperazine rings is 1. The highest BCUT2D eigenvalue weighted by Crippen LogP contribution is 2.38. The molecular weight excluding hydrogens is 622 g/mol. The van der Waals surface area contributed by atoms with E-state index in [-0.39, 0.29) is 18.0 Å². The molecule has 1 fully saturated rings. The van der Waals surface area contributed by atoms with Crippen molar-refractivity contribution in [3.63, 3.8) is 0 Å². The van der Waals surface area contributed by atoms with E-state index in [0.29, 0.717) is 19.0 Å². The summed E-state index contributed by atoms with van der Waals surface area (Å²) in [7, 11) is 0. The van der Waals surface area contributed by atoms with E-state index in [0.717, 1.165) is 78.9 Å². The van der Waals surface area contributed by atoms with E-state index in [1.807, 2.05) is 42.9 Å². The Kier molecular flexibility index (Phi) is 10.0. The number of nitrogens with one attached hydrogen (secondary N) is 1. The smallest absolute Gasteiger partial charge is 0.241 e. The molecule has 3 aliphatic rings. The number of aliphatic imine (C=N–C) groups is 1. The van der Waals surface area contributed by atoms with Crippen LogP contribution in [0.3, 0.4) is 0 Å². The number of rotatable bonds is 9. The molecule has 8 heteroatoms. The van der Waals surface area contributed by atoms with Gasteiger partial charge in [0.05, 0.1) is 17.8 Å². The summed E-state index contributed by atoms with van der Waals surface area (Å²) in [6, 6.07) is 18.5. The first-order valence-corrected chi connectivity index (χ1v) is 16.6. The molecule has 224 valence electrons. The van der Waals surface area contributed by atoms with Gasteiger partial charge in [0.2, 0.25) is 5.91 Å². The van der Waals surface area contributed by atoms with Crippen LogP contribution in [0.2, 0.25) is 5.02 Å². The number of hydrogen-bond donors (Lipinski definition) is 1. The largest absolute Gasteiger partial charge is 0.337 e. The molecule has 3 atom stereocenters. The fraction of sp³-hybridized carbons (Fsp3) is 0.400. The molecule has 0 unspecified atom stereocenters. The Balaban J connectivity index is 1.21. The molecule has 1 N–H and O–H groups in total. The molecule has 3 heterocycles. The second kappa shape index (κ2) is 14.3. The molecule has 3 aromatic rings. The van der Waals surface area contributed by atoms with Crippen molar-refractivity contribution in [3.05, 3.63) is 111 Å². The van der Waals surface area contributed by atoms with Crippen molar-refractivity contribution in [3.8, 4) is 0 Å². The molecule has 6 nitrogen and oxygen atoms in total. The molecule has 2 aliphatic heterocycles. The van der Waals surface area contributed by atoms with Crippen LogP contribution in [0, 0.1) is 5.92 Å². The van der Waals surface area contributed by atoms with Crippen LogP contribution in [0.1, 0.15) is 59.7 Å². The maximum Gasteiger partial charge on any atom is 0.241 e. The van der Waals surface area contributed by atoms with E-state index in [4.69, 9.17) is 16.6 Å². The minimum absolute atomic E-state index is 0.0232. The summed E-state index contributed by atoms with van der Waals surface area (Å²) >= 11 is 10.1. The lowest BCUT2D eigenvalue weighted by Crippen LogP contribution is -2.58. The number of unbranched alkanes of at least 4 members (excludes halogenated alkanes) is 1. The minimum Gasteiger partial charge on any atom is -0.337 e. The lowest BCUT2D eigenvalue weighted by Gasteiger charge is -2.40. The third-order valence-corrected chi connectivity index (χ3v) is 9.57. The number of carbonyl (C=O) groups is 1. The highest BCUT2D eigenvalue weighted by Gasteiger charge is 2.36. The summed E-state index contributed by atoms with van der Waals surface area (Å²) in [6.45, 7) is 3.58. The van der Waals surface area contributed by atoms with Gasteiger partial charge < -0.3 is 10.2 Å². The van der Waals surface area contributed by atoms with E-state index >= 15 is 0 Å². The van der Waals surface area contributed by atoms with Gasteiger partial charge in [-0.15, -0.1) is 0 Å². The van der Waals surface area contributed by atoms with Gasteiger partial charge in [-0.2, -0.15) is 0 Å². The van der Waals surface area contributed by atoms with Crippen molar-refractivity contribution in [2.24, 2.45) is 10.9 Å². The van der Waals surface area contributed by atoms with Crippen molar-refractivity contribution < 1.29 is 4.79 Å². The van der Waals surface area contributed by atoms with Crippen molar-refractivity contribution in [1.82, 2.24) is 20.1 Å². The summed E-state index contributed by atoms with van der Waals surface area (Å²) in [5.74, 6) is 0.728. The molecular formula is C35H39BrClN5O. The number of allylic oxidation sites excluding steroid dienone is 1. The molecule has 43 heavy (non-hydrogen) atoms. The van der Waals surface area contributed by atoms with Crippen LogP contribution in [0.4, 0.5) is 0 Å². The average Bonchev–Trinajstić information content (AvgIpc) is 3.19. The molecule has 0 radical (unpaired) electrons. The predicted molar refractivity (Wildman–Crippen MR) is 177 cm³/mol. The number of pyridine rings is 1. The highest BCUT2D eigenvalue weighted by molar-refractivity contribution is 9.10. The minimum atomic E-state index is -0.284. The standard InChI is InChI=1S/C35H39BrClN5O/c36-29-20-28-10-9-27-21-30(37)11-12-31(27)34(33(28)40-22-29)41-19-17-39-32(24-41)35(43)42(23-26-7-2-1-3-8-26)18-5-4-6-25-13-15-38-16-14-25/h1-3,7-8,11-13,15-16,20-22,25,32,34,39H,4-6,9-10,14,17-19,23-24H2/t25-,32+,34-/m0/s1. The Morgan fingerprint density at radius 2 is 1.95 bits per heavy atom. The second-order valence-electron chi connectivity index (χ2n) is 11.9. The van der Waals surface area contributed by atoms with E-state index in [1.54, 1.807) is 0 Å². The van der Waals surface area contributed by atoms with E-state index in [2.05, 4.69) is 72.4 Å². The third-order valence-electron chi connectivity index (χ3n) is 8.90. The quantitative estimate of drug-likeness (QED) is 0.258. The number of nitrogens with zero attached hydrogens (tertiary/aromatic N) is 4. The summed E-state index contributed by atoms with van der Waals surface area (Å²) < 4.78 is 0.992. The first-order valence-electron chi connectivity index (χ1n) is 15.5. The van der Waals surface area contributed by atoms with Crippen LogP contribution in [-0.2, 0) is 24.2 Å². The predicted octanol–water partition coefficient (Wildman–Crippen LogP) is 6.76. The number of amides is 1. The summed E-state index contributed by atoms with van der Waals surface area (Å²) in [4.78, 5) is 27.9. The normalized spacial score (nSPS) is 21.6. The Bertz CT molecular complexity index is 1420. The SMILES string of the molecule is O=C([C@H]1CN([C@H]2c3ccc(Cl)cc3CCc3cc(Br)cnc32)CCN1)N(CCCC[C@H]1C=CN=CC1)Cc1ccccc1. The molecule has 1 amide bonds. The van der Waals surface area contributed by atoms with Crippen LogP contribution in [-0.4, -0.2) is 59.1 Å². The number of halogens is 2. The maximum absolute atomic E-state index is 14.2. The summed E-state index contributed by atoms with van der Waals surface area (Å²) in [6.07, 6.45) is 14.1. The molecule has 6 rings (SSSR count). The zero-order valence-corrected chi connectivity index (χ0v) is 26.8. The van der Waals surface area contributed by atoms with Gasteiger partial charge >= 0.3 is 0 Å². The van der Waals surface area contributed by atoms with Gasteiger partial charge in [-0.05, 0) is 94.4 Å². The maximum atomic E-state index is 14.2. The van der Waals surface area contributed by atoms with E-state index in [9.17, 15) is 4.79 Å². The number of aryl methyl sites for hydroxylation is 2. The fourth-order valence-corrected chi connectivity index (χ4v) is 7.25. The lowest BCUT2D eigenvalue weighted by molar-refractivity contribution is -0.135. The number of fused-ring (bicyclic) bond motifs is 2. The van der Waals surface area contributed by atoms with Crippen LogP contribution in [0.5, 0.6) is 0 Å². The first kappa shape index (κ1) is 30.2. The van der Waals surface area contributed by atoms with Crippen LogP contribution in [0.15, 0.2) is 82.5 Å². The molecule has 0 spiro atoms. The Labute approximate surface area is 268 Å². The summed E-state index contributed by atoms with van der Waals surface area (Å²) in [5.41, 5.74) is 6.00. The molecule has 1 saturated heterocycles. The topological polar surface area (TPSA) is 60.8 Å². The van der Waals surface area contributed by atoms with Crippen molar-refractivity contribution in [1.29, 1.82) is 0 Å². The Hall–Kier alpha value is -2.84. The van der Waals surface area contributed by atoms with Gasteiger partial charge in [0.1, 0.15) is 0 Å². The molecule has 0 saturated carbocycles. The van der Waals surface area contributed by atoms with Crippen molar-refractivity contribution in [2.45, 2.75) is 57.2 Å². The van der Waals surface area contributed by atoms with Gasteiger partial charge in [0, 0.05) is 60.8 Å². The summed E-state index contributed by atoms with van der Waals surface area (Å²) in [5, 5.41) is 4.33. The van der Waals surface area contributed by atoms with E-state index < -0.39 is 0 Å².